The second-order valence-electron chi connectivity index (χ2n) is 7.24. The van der Waals surface area contributed by atoms with Crippen molar-refractivity contribution in [1.82, 2.24) is 9.88 Å². The van der Waals surface area contributed by atoms with Crippen LogP contribution in [0.4, 0.5) is 0 Å². The summed E-state index contributed by atoms with van der Waals surface area (Å²) in [5, 5.41) is 5.06. The lowest BCUT2D eigenvalue weighted by molar-refractivity contribution is 0.384. The summed E-state index contributed by atoms with van der Waals surface area (Å²) < 4.78 is 34.4. The smallest absolute Gasteiger partial charge is 0.261 e. The standard InChI is InChI=1S/C20H20N2O.CH4O3S/c1-2-5-14(6-3-1)23-15-9-10-19-17(13-15)16-7-4-8-18-20(16)22(19)12-11-21-18;1-5(2,3)4/h1-3,5-6,9-10,13,18,21H,4,7-8,11-12H2;1H3,(H,2,3,4). The van der Waals surface area contributed by atoms with E-state index in [0.29, 0.717) is 12.3 Å². The summed E-state index contributed by atoms with van der Waals surface area (Å²) in [7, 11) is -3.67. The molecule has 7 heteroatoms. The zero-order valence-electron chi connectivity index (χ0n) is 15.8. The highest BCUT2D eigenvalue weighted by atomic mass is 32.2. The molecule has 0 fully saturated rings. The molecular weight excluding hydrogens is 376 g/mol. The fraction of sp³-hybridized carbons (Fsp3) is 0.333. The van der Waals surface area contributed by atoms with Gasteiger partial charge in [0.15, 0.2) is 0 Å². The molecule has 2 aromatic carbocycles. The highest BCUT2D eigenvalue weighted by Gasteiger charge is 2.29. The Morgan fingerprint density at radius 2 is 1.89 bits per heavy atom. The van der Waals surface area contributed by atoms with E-state index >= 15 is 0 Å². The molecule has 28 heavy (non-hydrogen) atoms. The van der Waals surface area contributed by atoms with Gasteiger partial charge in [0.05, 0.1) is 6.26 Å². The van der Waals surface area contributed by atoms with E-state index in [1.54, 1.807) is 0 Å². The lowest BCUT2D eigenvalue weighted by atomic mass is 9.91. The van der Waals surface area contributed by atoms with Gasteiger partial charge in [-0.3, -0.25) is 4.55 Å². The first-order chi connectivity index (χ1) is 13.4. The number of ether oxygens (including phenoxy) is 1. The lowest BCUT2D eigenvalue weighted by Gasteiger charge is -2.31. The molecule has 1 unspecified atom stereocenters. The summed E-state index contributed by atoms with van der Waals surface area (Å²) >= 11 is 0. The van der Waals surface area contributed by atoms with Gasteiger partial charge in [0.2, 0.25) is 0 Å². The molecule has 1 aromatic heterocycles. The zero-order chi connectivity index (χ0) is 19.7. The average Bonchev–Trinajstić information content (AvgIpc) is 2.97. The summed E-state index contributed by atoms with van der Waals surface area (Å²) in [6.45, 7) is 2.14. The number of hydrogen-bond acceptors (Lipinski definition) is 4. The average molecular weight is 401 g/mol. The molecule has 0 saturated carbocycles. The molecule has 0 saturated heterocycles. The Balaban J connectivity index is 0.000000346. The molecule has 0 spiro atoms. The van der Waals surface area contributed by atoms with Crippen LogP contribution in [0.5, 0.6) is 11.5 Å². The molecule has 0 radical (unpaired) electrons. The Kier molecular flexibility index (Phi) is 5.14. The van der Waals surface area contributed by atoms with Crippen molar-refractivity contribution in [3.8, 4) is 11.5 Å². The molecule has 6 nitrogen and oxygen atoms in total. The third-order valence-electron chi connectivity index (χ3n) is 5.14. The van der Waals surface area contributed by atoms with Crippen molar-refractivity contribution in [3.05, 3.63) is 59.8 Å². The van der Waals surface area contributed by atoms with Crippen molar-refractivity contribution >= 4 is 21.0 Å². The maximum absolute atomic E-state index is 9.19. The number of hydrogen-bond donors (Lipinski definition) is 2. The minimum Gasteiger partial charge on any atom is -0.457 e. The van der Waals surface area contributed by atoms with Crippen LogP contribution in [0.1, 0.15) is 30.1 Å². The molecule has 0 bridgehead atoms. The van der Waals surface area contributed by atoms with E-state index in [1.807, 2.05) is 30.3 Å². The van der Waals surface area contributed by atoms with Crippen LogP contribution in [0.2, 0.25) is 0 Å². The Morgan fingerprint density at radius 1 is 1.14 bits per heavy atom. The molecule has 148 valence electrons. The Labute approximate surface area is 164 Å². The van der Waals surface area contributed by atoms with E-state index in [9.17, 15) is 8.42 Å². The predicted molar refractivity (Wildman–Crippen MR) is 110 cm³/mol. The first kappa shape index (κ1) is 19.0. The molecule has 1 aliphatic carbocycles. The molecule has 3 aromatic rings. The van der Waals surface area contributed by atoms with E-state index in [1.165, 1.54) is 41.4 Å². The van der Waals surface area contributed by atoms with Gasteiger partial charge in [-0.1, -0.05) is 18.2 Å². The molecule has 0 amide bonds. The number of aromatic nitrogens is 1. The zero-order valence-corrected chi connectivity index (χ0v) is 16.6. The number of nitrogens with zero attached hydrogens (tertiary/aromatic N) is 1. The molecule has 2 N–H and O–H groups in total. The van der Waals surface area contributed by atoms with E-state index in [4.69, 9.17) is 9.29 Å². The van der Waals surface area contributed by atoms with Crippen LogP contribution < -0.4 is 10.1 Å². The fourth-order valence-electron chi connectivity index (χ4n) is 4.18. The van der Waals surface area contributed by atoms with E-state index in [0.717, 1.165) is 24.6 Å². The molecule has 2 aliphatic rings. The summed E-state index contributed by atoms with van der Waals surface area (Å²) in [5.74, 6) is 1.82. The van der Waals surface area contributed by atoms with Crippen LogP contribution in [-0.4, -0.2) is 30.3 Å². The molecule has 1 aliphatic heterocycles. The van der Waals surface area contributed by atoms with Gasteiger partial charge in [0.1, 0.15) is 11.5 Å². The largest absolute Gasteiger partial charge is 0.457 e. The van der Waals surface area contributed by atoms with Crippen LogP contribution in [0.15, 0.2) is 48.5 Å². The Morgan fingerprint density at radius 3 is 2.64 bits per heavy atom. The Bertz CT molecular complexity index is 1080. The van der Waals surface area contributed by atoms with Gasteiger partial charge in [0, 0.05) is 35.7 Å². The first-order valence-corrected chi connectivity index (χ1v) is 11.3. The quantitative estimate of drug-likeness (QED) is 0.638. The van der Waals surface area contributed by atoms with Gasteiger partial charge >= 0.3 is 0 Å². The van der Waals surface area contributed by atoms with Crippen molar-refractivity contribution in [2.75, 3.05) is 12.8 Å². The van der Waals surface area contributed by atoms with Crippen molar-refractivity contribution < 1.29 is 17.7 Å². The van der Waals surface area contributed by atoms with Gasteiger partial charge in [-0.2, -0.15) is 8.42 Å². The van der Waals surface area contributed by atoms with Crippen LogP contribution >= 0.6 is 0 Å². The van der Waals surface area contributed by atoms with Gasteiger partial charge in [-0.15, -0.1) is 0 Å². The summed E-state index contributed by atoms with van der Waals surface area (Å²) in [5.41, 5.74) is 4.42. The number of para-hydroxylation sites is 1. The SMILES string of the molecule is CS(=O)(=O)O.c1ccc(Oc2ccc3c(c2)c2c4n3CCNC4CCC2)cc1. The topological polar surface area (TPSA) is 80.6 Å². The highest BCUT2D eigenvalue weighted by molar-refractivity contribution is 7.85. The van der Waals surface area contributed by atoms with Crippen LogP contribution in [0, 0.1) is 0 Å². The maximum atomic E-state index is 9.19. The number of benzene rings is 2. The van der Waals surface area contributed by atoms with Crippen LogP contribution in [-0.2, 0) is 23.1 Å². The van der Waals surface area contributed by atoms with E-state index < -0.39 is 10.1 Å². The number of aryl methyl sites for hydroxylation is 1. The van der Waals surface area contributed by atoms with Gasteiger partial charge in [-0.25, -0.2) is 0 Å². The predicted octanol–water partition coefficient (Wildman–Crippen LogP) is 3.92. The van der Waals surface area contributed by atoms with Gasteiger partial charge in [0.25, 0.3) is 10.1 Å². The van der Waals surface area contributed by atoms with Crippen molar-refractivity contribution in [3.63, 3.8) is 0 Å². The maximum Gasteiger partial charge on any atom is 0.261 e. The molecular formula is C21H24N2O4S. The number of rotatable bonds is 2. The van der Waals surface area contributed by atoms with Crippen molar-refractivity contribution in [2.45, 2.75) is 31.8 Å². The van der Waals surface area contributed by atoms with Crippen LogP contribution in [0.25, 0.3) is 10.9 Å². The van der Waals surface area contributed by atoms with Crippen LogP contribution in [0.3, 0.4) is 0 Å². The monoisotopic (exact) mass is 400 g/mol. The number of nitrogens with one attached hydrogen (secondary N) is 1. The van der Waals surface area contributed by atoms with Crippen molar-refractivity contribution in [1.29, 1.82) is 0 Å². The Hall–Kier alpha value is -2.35. The molecule has 1 atom stereocenters. The van der Waals surface area contributed by atoms with Crippen molar-refractivity contribution in [2.24, 2.45) is 0 Å². The second-order valence-corrected chi connectivity index (χ2v) is 8.71. The first-order valence-electron chi connectivity index (χ1n) is 9.44. The molecule has 5 rings (SSSR count). The summed E-state index contributed by atoms with van der Waals surface area (Å²) in [6, 6.07) is 17.1. The second kappa shape index (κ2) is 7.58. The normalized spacial score (nSPS) is 18.1. The highest BCUT2D eigenvalue weighted by Crippen LogP contribution is 2.40. The third-order valence-corrected chi connectivity index (χ3v) is 5.14. The number of fused-ring (bicyclic) bond motifs is 3. The molecule has 2 heterocycles. The third kappa shape index (κ3) is 4.06. The lowest BCUT2D eigenvalue weighted by Crippen LogP contribution is -2.35. The minimum atomic E-state index is -3.67. The van der Waals surface area contributed by atoms with Gasteiger partial charge < -0.3 is 14.6 Å². The van der Waals surface area contributed by atoms with Gasteiger partial charge in [-0.05, 0) is 55.2 Å². The minimum absolute atomic E-state index is 0.540. The van der Waals surface area contributed by atoms with E-state index in [2.05, 4.69) is 28.1 Å². The fourth-order valence-corrected chi connectivity index (χ4v) is 4.18. The summed E-state index contributed by atoms with van der Waals surface area (Å²) in [4.78, 5) is 0. The summed E-state index contributed by atoms with van der Waals surface area (Å²) in [6.07, 6.45) is 4.43. The van der Waals surface area contributed by atoms with E-state index in [-0.39, 0.29) is 0 Å².